The number of anilines is 1. The summed E-state index contributed by atoms with van der Waals surface area (Å²) in [7, 11) is 0. The lowest BCUT2D eigenvalue weighted by Gasteiger charge is -2.11. The molecule has 0 saturated carbocycles. The highest BCUT2D eigenvalue weighted by atomic mass is 32.1. The quantitative estimate of drug-likeness (QED) is 0.590. The molecule has 2 aromatic carbocycles. The molecule has 0 saturated heterocycles. The van der Waals surface area contributed by atoms with Crippen molar-refractivity contribution in [2.75, 3.05) is 11.9 Å². The molecule has 4 nitrogen and oxygen atoms in total. The number of carbonyl (C=O) groups excluding carboxylic acids is 1. The van der Waals surface area contributed by atoms with Crippen LogP contribution in [-0.4, -0.2) is 17.5 Å². The number of hydrogen-bond donors (Lipinski definition) is 1. The van der Waals surface area contributed by atoms with Crippen LogP contribution in [0, 0.1) is 20.8 Å². The minimum absolute atomic E-state index is 0.0300. The Morgan fingerprint density at radius 3 is 2.74 bits per heavy atom. The Morgan fingerprint density at radius 1 is 1.22 bits per heavy atom. The number of thiazole rings is 1. The van der Waals surface area contributed by atoms with Crippen LogP contribution in [0.4, 0.5) is 5.13 Å². The predicted molar refractivity (Wildman–Crippen MR) is 113 cm³/mol. The number of hydrogen-bond acceptors (Lipinski definition) is 4. The van der Waals surface area contributed by atoms with E-state index in [1.807, 2.05) is 32.9 Å². The van der Waals surface area contributed by atoms with E-state index in [-0.39, 0.29) is 12.5 Å². The molecule has 0 spiro atoms. The zero-order valence-corrected chi connectivity index (χ0v) is 17.4. The molecule has 1 heterocycles. The molecule has 142 valence electrons. The molecule has 0 aliphatic carbocycles. The zero-order valence-electron chi connectivity index (χ0n) is 16.6. The Kier molecular flexibility index (Phi) is 5.80. The van der Waals surface area contributed by atoms with Gasteiger partial charge in [-0.3, -0.25) is 10.1 Å². The number of rotatable bonds is 6. The highest BCUT2D eigenvalue weighted by Crippen LogP contribution is 2.30. The van der Waals surface area contributed by atoms with E-state index in [4.69, 9.17) is 4.74 Å². The molecule has 0 fully saturated rings. The van der Waals surface area contributed by atoms with Gasteiger partial charge in [-0.15, -0.1) is 0 Å². The Balaban J connectivity index is 1.67. The second-order valence-electron chi connectivity index (χ2n) is 7.10. The van der Waals surface area contributed by atoms with Crippen LogP contribution < -0.4 is 10.1 Å². The second-order valence-corrected chi connectivity index (χ2v) is 8.13. The molecule has 1 N–H and O–H groups in total. The van der Waals surface area contributed by atoms with Crippen molar-refractivity contribution in [2.45, 2.75) is 47.0 Å². The van der Waals surface area contributed by atoms with E-state index in [9.17, 15) is 4.79 Å². The first kappa shape index (κ1) is 19.4. The topological polar surface area (TPSA) is 51.2 Å². The van der Waals surface area contributed by atoms with Gasteiger partial charge in [0.15, 0.2) is 11.7 Å². The Morgan fingerprint density at radius 2 is 2.00 bits per heavy atom. The lowest BCUT2D eigenvalue weighted by Crippen LogP contribution is -2.20. The molecule has 0 aliphatic rings. The number of nitrogens with zero attached hydrogens (tertiary/aromatic N) is 1. The molecule has 3 aromatic rings. The predicted octanol–water partition coefficient (Wildman–Crippen LogP) is 5.75. The third kappa shape index (κ3) is 4.48. The van der Waals surface area contributed by atoms with Crippen molar-refractivity contribution in [3.05, 3.63) is 52.6 Å². The molecular formula is C22H26N2O2S. The Labute approximate surface area is 164 Å². The number of aromatic nitrogens is 1. The van der Waals surface area contributed by atoms with Crippen LogP contribution in [0.2, 0.25) is 0 Å². The van der Waals surface area contributed by atoms with Crippen LogP contribution in [0.15, 0.2) is 30.3 Å². The summed E-state index contributed by atoms with van der Waals surface area (Å²) in [6, 6.07) is 10.4. The molecule has 1 amide bonds. The number of nitrogens with one attached hydrogen (secondary N) is 1. The van der Waals surface area contributed by atoms with Crippen molar-refractivity contribution in [2.24, 2.45) is 0 Å². The van der Waals surface area contributed by atoms with Crippen LogP contribution >= 0.6 is 11.3 Å². The number of amides is 1. The first-order valence-electron chi connectivity index (χ1n) is 9.28. The summed E-state index contributed by atoms with van der Waals surface area (Å²) < 4.78 is 6.83. The van der Waals surface area contributed by atoms with Gasteiger partial charge in [-0.05, 0) is 73.6 Å². The molecule has 0 bridgehead atoms. The monoisotopic (exact) mass is 382 g/mol. The van der Waals surface area contributed by atoms with E-state index in [0.717, 1.165) is 39.1 Å². The lowest BCUT2D eigenvalue weighted by molar-refractivity contribution is -0.118. The van der Waals surface area contributed by atoms with Gasteiger partial charge in [0, 0.05) is 0 Å². The van der Waals surface area contributed by atoms with Gasteiger partial charge in [-0.2, -0.15) is 0 Å². The van der Waals surface area contributed by atoms with Crippen LogP contribution in [0.25, 0.3) is 10.2 Å². The summed E-state index contributed by atoms with van der Waals surface area (Å²) in [6.45, 7) is 10.4. The fourth-order valence-electron chi connectivity index (χ4n) is 2.99. The van der Waals surface area contributed by atoms with Gasteiger partial charge in [0.25, 0.3) is 5.91 Å². The minimum Gasteiger partial charge on any atom is -0.483 e. The summed E-state index contributed by atoms with van der Waals surface area (Å²) >= 11 is 1.50. The fraction of sp³-hybridized carbons (Fsp3) is 0.364. The maximum absolute atomic E-state index is 12.3. The van der Waals surface area contributed by atoms with Gasteiger partial charge in [-0.25, -0.2) is 4.98 Å². The van der Waals surface area contributed by atoms with Gasteiger partial charge >= 0.3 is 0 Å². The van der Waals surface area contributed by atoms with Crippen molar-refractivity contribution >= 4 is 32.6 Å². The van der Waals surface area contributed by atoms with E-state index in [2.05, 4.69) is 42.3 Å². The third-order valence-corrected chi connectivity index (χ3v) is 5.90. The molecule has 5 heteroatoms. The highest BCUT2D eigenvalue weighted by Gasteiger charge is 2.12. The summed E-state index contributed by atoms with van der Waals surface area (Å²) in [5.74, 6) is 1.07. The van der Waals surface area contributed by atoms with Crippen molar-refractivity contribution in [3.8, 4) is 5.75 Å². The largest absolute Gasteiger partial charge is 0.483 e. The van der Waals surface area contributed by atoms with Gasteiger partial charge in [0.05, 0.1) is 10.2 Å². The number of aryl methyl sites for hydroxylation is 2. The smallest absolute Gasteiger partial charge is 0.264 e. The summed E-state index contributed by atoms with van der Waals surface area (Å²) in [5, 5.41) is 3.46. The summed E-state index contributed by atoms with van der Waals surface area (Å²) in [6.07, 6.45) is 1.10. The molecular weight excluding hydrogens is 356 g/mol. The minimum atomic E-state index is -0.199. The number of ether oxygens (including phenoxy) is 1. The average Bonchev–Trinajstić information content (AvgIpc) is 3.03. The zero-order chi connectivity index (χ0) is 19.6. The molecule has 1 atom stereocenters. The first-order valence-corrected chi connectivity index (χ1v) is 10.1. The van der Waals surface area contributed by atoms with Crippen molar-refractivity contribution in [1.29, 1.82) is 0 Å². The average molecular weight is 383 g/mol. The van der Waals surface area contributed by atoms with E-state index in [0.29, 0.717) is 11.0 Å². The lowest BCUT2D eigenvalue weighted by atomic mass is 9.99. The molecule has 27 heavy (non-hydrogen) atoms. The van der Waals surface area contributed by atoms with E-state index in [1.54, 1.807) is 0 Å². The van der Waals surface area contributed by atoms with Gasteiger partial charge in [-0.1, -0.05) is 37.3 Å². The van der Waals surface area contributed by atoms with Crippen molar-refractivity contribution in [3.63, 3.8) is 0 Å². The maximum atomic E-state index is 12.3. The van der Waals surface area contributed by atoms with E-state index >= 15 is 0 Å². The van der Waals surface area contributed by atoms with Crippen LogP contribution in [0.5, 0.6) is 5.75 Å². The summed E-state index contributed by atoms with van der Waals surface area (Å²) in [4.78, 5) is 16.8. The second kappa shape index (κ2) is 8.09. The molecule has 1 aromatic heterocycles. The molecule has 1 unspecified atom stereocenters. The van der Waals surface area contributed by atoms with Gasteiger partial charge < -0.3 is 4.74 Å². The number of benzene rings is 2. The van der Waals surface area contributed by atoms with Crippen LogP contribution in [0.1, 0.15) is 48.4 Å². The Hall–Kier alpha value is -2.40. The van der Waals surface area contributed by atoms with E-state index < -0.39 is 0 Å². The standard InChI is InChI=1S/C22H26N2O2S/c1-6-14(3)17-7-8-18-20(11-17)27-22(23-18)24-21(25)12-26-19-10-13(2)9-15(4)16(19)5/h7-11,14H,6,12H2,1-5H3,(H,23,24,25). The van der Waals surface area contributed by atoms with Crippen molar-refractivity contribution in [1.82, 2.24) is 4.98 Å². The van der Waals surface area contributed by atoms with E-state index in [1.165, 1.54) is 16.9 Å². The van der Waals surface area contributed by atoms with Gasteiger partial charge in [0.2, 0.25) is 0 Å². The highest BCUT2D eigenvalue weighted by molar-refractivity contribution is 7.22. The first-order chi connectivity index (χ1) is 12.9. The van der Waals surface area contributed by atoms with Crippen LogP contribution in [-0.2, 0) is 4.79 Å². The Bertz CT molecular complexity index is 978. The normalized spacial score (nSPS) is 12.2. The van der Waals surface area contributed by atoms with Gasteiger partial charge in [0.1, 0.15) is 5.75 Å². The SMILES string of the molecule is CCC(C)c1ccc2nc(NC(=O)COc3cc(C)cc(C)c3C)sc2c1. The summed E-state index contributed by atoms with van der Waals surface area (Å²) in [5.41, 5.74) is 5.56. The molecule has 3 rings (SSSR count). The fourth-order valence-corrected chi connectivity index (χ4v) is 3.92. The molecule has 0 aliphatic heterocycles. The maximum Gasteiger partial charge on any atom is 0.264 e. The van der Waals surface area contributed by atoms with Crippen LogP contribution in [0.3, 0.4) is 0 Å². The number of carbonyl (C=O) groups is 1. The third-order valence-electron chi connectivity index (χ3n) is 4.96. The number of fused-ring (bicyclic) bond motifs is 1. The molecule has 0 radical (unpaired) electrons. The van der Waals surface area contributed by atoms with Crippen molar-refractivity contribution < 1.29 is 9.53 Å².